The van der Waals surface area contributed by atoms with Crippen LogP contribution in [0.3, 0.4) is 0 Å². The van der Waals surface area contributed by atoms with E-state index in [0.29, 0.717) is 43.3 Å². The number of ether oxygens (including phenoxy) is 1. The number of hydrogen-bond acceptors (Lipinski definition) is 4. The maximum absolute atomic E-state index is 12.1. The molecule has 3 N–H and O–H groups in total. The summed E-state index contributed by atoms with van der Waals surface area (Å²) in [7, 11) is 0. The van der Waals surface area contributed by atoms with E-state index in [2.05, 4.69) is 16.0 Å². The molecule has 6 nitrogen and oxygen atoms in total. The number of carbonyl (C=O) groups is 2. The monoisotopic (exact) mass is 347 g/mol. The van der Waals surface area contributed by atoms with Gasteiger partial charge in [0, 0.05) is 37.4 Å². The first-order valence-electron chi connectivity index (χ1n) is 9.15. The Kier molecular flexibility index (Phi) is 8.42. The average molecular weight is 347 g/mol. The molecule has 1 aromatic rings. The highest BCUT2D eigenvalue weighted by molar-refractivity contribution is 5.97. The van der Waals surface area contributed by atoms with E-state index in [1.807, 2.05) is 6.92 Å². The molecule has 2 amide bonds. The highest BCUT2D eigenvalue weighted by atomic mass is 16.5. The Bertz CT molecular complexity index is 557. The van der Waals surface area contributed by atoms with Gasteiger partial charge in [-0.3, -0.25) is 9.59 Å². The predicted molar refractivity (Wildman–Crippen MR) is 98.7 cm³/mol. The van der Waals surface area contributed by atoms with E-state index in [-0.39, 0.29) is 11.8 Å². The third-order valence-corrected chi connectivity index (χ3v) is 4.31. The molecule has 6 heteroatoms. The number of rotatable bonds is 10. The standard InChI is InChI=1S/C19H29N3O3/c1-2-25-12-4-10-21-19(24)16-5-3-6-17(13-16)22-18(23)8-7-15-9-11-20-14-15/h3,5-6,13,15,20H,2,4,7-12,14H2,1H3,(H,21,24)(H,22,23). The third-order valence-electron chi connectivity index (χ3n) is 4.31. The van der Waals surface area contributed by atoms with Crippen molar-refractivity contribution in [1.29, 1.82) is 0 Å². The lowest BCUT2D eigenvalue weighted by atomic mass is 10.0. The lowest BCUT2D eigenvalue weighted by Gasteiger charge is -2.10. The van der Waals surface area contributed by atoms with Crippen LogP contribution in [0.5, 0.6) is 0 Å². The molecule has 0 aromatic heterocycles. The summed E-state index contributed by atoms with van der Waals surface area (Å²) < 4.78 is 5.24. The van der Waals surface area contributed by atoms with Gasteiger partial charge in [0.1, 0.15) is 0 Å². The summed E-state index contributed by atoms with van der Waals surface area (Å²) in [5, 5.41) is 9.06. The fourth-order valence-electron chi connectivity index (χ4n) is 2.88. The quantitative estimate of drug-likeness (QED) is 0.567. The van der Waals surface area contributed by atoms with Crippen LogP contribution in [0, 0.1) is 5.92 Å². The van der Waals surface area contributed by atoms with Crippen LogP contribution in [-0.4, -0.2) is 44.7 Å². The number of anilines is 1. The molecule has 1 aliphatic rings. The molecule has 0 saturated carbocycles. The second kappa shape index (κ2) is 10.8. The summed E-state index contributed by atoms with van der Waals surface area (Å²) in [6, 6.07) is 7.05. The van der Waals surface area contributed by atoms with Gasteiger partial charge in [0.2, 0.25) is 5.91 Å². The minimum Gasteiger partial charge on any atom is -0.382 e. The molecule has 25 heavy (non-hydrogen) atoms. The van der Waals surface area contributed by atoms with Crippen molar-refractivity contribution in [2.75, 3.05) is 38.2 Å². The van der Waals surface area contributed by atoms with Crippen LogP contribution in [0.1, 0.15) is 43.0 Å². The highest BCUT2D eigenvalue weighted by Gasteiger charge is 2.16. The van der Waals surface area contributed by atoms with E-state index in [1.165, 1.54) is 0 Å². The topological polar surface area (TPSA) is 79.5 Å². The molecule has 0 bridgehead atoms. The van der Waals surface area contributed by atoms with Crippen molar-refractivity contribution < 1.29 is 14.3 Å². The second-order valence-corrected chi connectivity index (χ2v) is 6.33. The molecule has 1 unspecified atom stereocenters. The van der Waals surface area contributed by atoms with E-state index in [4.69, 9.17) is 4.74 Å². The molecule has 0 radical (unpaired) electrons. The normalized spacial score (nSPS) is 16.6. The second-order valence-electron chi connectivity index (χ2n) is 6.33. The molecular weight excluding hydrogens is 318 g/mol. The van der Waals surface area contributed by atoms with Gasteiger partial charge in [0.25, 0.3) is 5.91 Å². The summed E-state index contributed by atoms with van der Waals surface area (Å²) in [5.41, 5.74) is 1.21. The van der Waals surface area contributed by atoms with Gasteiger partial charge in [-0.2, -0.15) is 0 Å². The largest absolute Gasteiger partial charge is 0.382 e. The molecule has 1 heterocycles. The summed E-state index contributed by atoms with van der Waals surface area (Å²) in [4.78, 5) is 24.2. The van der Waals surface area contributed by atoms with Gasteiger partial charge in [-0.15, -0.1) is 0 Å². The molecule has 1 aliphatic heterocycles. The molecule has 1 saturated heterocycles. The van der Waals surface area contributed by atoms with Gasteiger partial charge in [-0.1, -0.05) is 6.07 Å². The fourth-order valence-corrected chi connectivity index (χ4v) is 2.88. The van der Waals surface area contributed by atoms with Crippen LogP contribution in [0.2, 0.25) is 0 Å². The van der Waals surface area contributed by atoms with Crippen molar-refractivity contribution in [3.8, 4) is 0 Å². The molecule has 1 fully saturated rings. The minimum absolute atomic E-state index is 0.00109. The molecular formula is C19H29N3O3. The zero-order valence-corrected chi connectivity index (χ0v) is 15.0. The van der Waals surface area contributed by atoms with Gasteiger partial charge < -0.3 is 20.7 Å². The molecule has 0 spiro atoms. The molecule has 0 aliphatic carbocycles. The van der Waals surface area contributed by atoms with E-state index in [1.54, 1.807) is 24.3 Å². The van der Waals surface area contributed by atoms with Crippen molar-refractivity contribution in [1.82, 2.24) is 10.6 Å². The summed E-state index contributed by atoms with van der Waals surface area (Å²) in [6.07, 6.45) is 3.34. The van der Waals surface area contributed by atoms with Gasteiger partial charge >= 0.3 is 0 Å². The van der Waals surface area contributed by atoms with E-state index < -0.39 is 0 Å². The van der Waals surface area contributed by atoms with E-state index in [0.717, 1.165) is 32.4 Å². The number of amides is 2. The molecule has 1 atom stereocenters. The van der Waals surface area contributed by atoms with Crippen molar-refractivity contribution in [2.45, 2.75) is 32.6 Å². The van der Waals surface area contributed by atoms with Crippen LogP contribution >= 0.6 is 0 Å². The number of nitrogens with one attached hydrogen (secondary N) is 3. The first-order chi connectivity index (χ1) is 12.2. The zero-order chi connectivity index (χ0) is 17.9. The van der Waals surface area contributed by atoms with Gasteiger partial charge in [-0.25, -0.2) is 0 Å². The molecule has 138 valence electrons. The van der Waals surface area contributed by atoms with Crippen LogP contribution in [0.4, 0.5) is 5.69 Å². The van der Waals surface area contributed by atoms with E-state index in [9.17, 15) is 9.59 Å². The Morgan fingerprint density at radius 3 is 3.00 bits per heavy atom. The lowest BCUT2D eigenvalue weighted by Crippen LogP contribution is -2.25. The fraction of sp³-hybridized carbons (Fsp3) is 0.579. The Morgan fingerprint density at radius 2 is 2.24 bits per heavy atom. The first kappa shape index (κ1) is 19.4. The summed E-state index contributed by atoms with van der Waals surface area (Å²) in [5.74, 6) is 0.463. The third kappa shape index (κ3) is 7.23. The zero-order valence-electron chi connectivity index (χ0n) is 15.0. The summed E-state index contributed by atoms with van der Waals surface area (Å²) in [6.45, 7) is 5.91. The van der Waals surface area contributed by atoms with Crippen molar-refractivity contribution in [2.24, 2.45) is 5.92 Å². The van der Waals surface area contributed by atoms with Crippen LogP contribution in [-0.2, 0) is 9.53 Å². The molecule has 1 aromatic carbocycles. The van der Waals surface area contributed by atoms with Crippen LogP contribution < -0.4 is 16.0 Å². The Hall–Kier alpha value is -1.92. The molecule has 2 rings (SSSR count). The predicted octanol–water partition coefficient (Wildman–Crippen LogP) is 2.17. The summed E-state index contributed by atoms with van der Waals surface area (Å²) >= 11 is 0. The maximum Gasteiger partial charge on any atom is 0.251 e. The minimum atomic E-state index is -0.135. The Balaban J connectivity index is 1.75. The number of carbonyl (C=O) groups excluding carboxylic acids is 2. The van der Waals surface area contributed by atoms with Gasteiger partial charge in [0.05, 0.1) is 0 Å². The van der Waals surface area contributed by atoms with Gasteiger partial charge in [0.15, 0.2) is 0 Å². The van der Waals surface area contributed by atoms with Crippen molar-refractivity contribution >= 4 is 17.5 Å². The van der Waals surface area contributed by atoms with Crippen molar-refractivity contribution in [3.05, 3.63) is 29.8 Å². The number of hydrogen-bond donors (Lipinski definition) is 3. The van der Waals surface area contributed by atoms with Crippen LogP contribution in [0.25, 0.3) is 0 Å². The Labute approximate surface area is 149 Å². The van der Waals surface area contributed by atoms with Gasteiger partial charge in [-0.05, 0) is 63.4 Å². The smallest absolute Gasteiger partial charge is 0.251 e. The van der Waals surface area contributed by atoms with E-state index >= 15 is 0 Å². The van der Waals surface area contributed by atoms with Crippen LogP contribution in [0.15, 0.2) is 24.3 Å². The highest BCUT2D eigenvalue weighted by Crippen LogP contribution is 2.16. The first-order valence-corrected chi connectivity index (χ1v) is 9.15. The SMILES string of the molecule is CCOCCCNC(=O)c1cccc(NC(=O)CCC2CCNC2)c1. The van der Waals surface area contributed by atoms with Crippen molar-refractivity contribution in [3.63, 3.8) is 0 Å². The average Bonchev–Trinajstić information content (AvgIpc) is 3.13. The lowest BCUT2D eigenvalue weighted by molar-refractivity contribution is -0.116. The Morgan fingerprint density at radius 1 is 1.36 bits per heavy atom. The maximum atomic E-state index is 12.1. The number of benzene rings is 1.